The summed E-state index contributed by atoms with van der Waals surface area (Å²) in [7, 11) is -4.33. The van der Waals surface area contributed by atoms with Gasteiger partial charge in [-0.3, -0.25) is 0 Å². The summed E-state index contributed by atoms with van der Waals surface area (Å²) in [6, 6.07) is 0. The molecule has 0 saturated carbocycles. The Balaban J connectivity index is 4.40. The molecule has 0 atom stereocenters. The van der Waals surface area contributed by atoms with Crippen molar-refractivity contribution in [3.05, 3.63) is 36.7 Å². The molecule has 0 amide bonds. The molecule has 0 spiro atoms. The SMILES string of the molecule is C=C[Si](C)(C)OC(=O)/C=C/C(=O)O[Si](C)(C)C=C. The molecule has 0 rings (SSSR count). The summed E-state index contributed by atoms with van der Waals surface area (Å²) in [5, 5.41) is 0. The van der Waals surface area contributed by atoms with Crippen LogP contribution in [0.4, 0.5) is 0 Å². The predicted octanol–water partition coefficient (Wildman–Crippen LogP) is 2.49. The lowest BCUT2D eigenvalue weighted by molar-refractivity contribution is -0.132. The second-order valence-electron chi connectivity index (χ2n) is 4.79. The van der Waals surface area contributed by atoms with Gasteiger partial charge in [-0.05, 0) is 26.2 Å². The van der Waals surface area contributed by atoms with Crippen molar-refractivity contribution in [2.24, 2.45) is 0 Å². The van der Waals surface area contributed by atoms with Gasteiger partial charge in [-0.1, -0.05) is 11.4 Å². The Morgan fingerprint density at radius 1 is 0.833 bits per heavy atom. The lowest BCUT2D eigenvalue weighted by Crippen LogP contribution is -2.31. The van der Waals surface area contributed by atoms with Crippen LogP contribution >= 0.6 is 0 Å². The number of rotatable bonds is 6. The lowest BCUT2D eigenvalue weighted by atomic mass is 10.5. The summed E-state index contributed by atoms with van der Waals surface area (Å²) in [4.78, 5) is 22.8. The van der Waals surface area contributed by atoms with E-state index >= 15 is 0 Å². The smallest absolute Gasteiger partial charge is 0.317 e. The third-order valence-corrected chi connectivity index (χ3v) is 5.49. The quantitative estimate of drug-likeness (QED) is 0.555. The molecule has 0 bridgehead atoms. The van der Waals surface area contributed by atoms with E-state index in [1.54, 1.807) is 11.4 Å². The molecule has 0 saturated heterocycles. The fraction of sp³-hybridized carbons (Fsp3) is 0.333. The van der Waals surface area contributed by atoms with Crippen molar-refractivity contribution in [1.29, 1.82) is 0 Å². The zero-order valence-corrected chi connectivity index (χ0v) is 13.4. The minimum atomic E-state index is -2.16. The minimum absolute atomic E-state index is 0.554. The van der Waals surface area contributed by atoms with Crippen LogP contribution in [0.1, 0.15) is 0 Å². The minimum Gasteiger partial charge on any atom is -0.513 e. The first-order chi connectivity index (χ1) is 8.12. The van der Waals surface area contributed by atoms with Crippen LogP contribution < -0.4 is 0 Å². The van der Waals surface area contributed by atoms with Gasteiger partial charge in [0.2, 0.25) is 0 Å². The maximum atomic E-state index is 11.4. The van der Waals surface area contributed by atoms with Gasteiger partial charge in [-0.2, -0.15) is 0 Å². The number of hydrogen-bond acceptors (Lipinski definition) is 4. The van der Waals surface area contributed by atoms with Gasteiger partial charge in [0, 0.05) is 12.2 Å². The van der Waals surface area contributed by atoms with E-state index in [9.17, 15) is 9.59 Å². The lowest BCUT2D eigenvalue weighted by Gasteiger charge is -2.17. The van der Waals surface area contributed by atoms with Crippen LogP contribution in [0.3, 0.4) is 0 Å². The van der Waals surface area contributed by atoms with Gasteiger partial charge < -0.3 is 8.85 Å². The molecule has 0 aliphatic rings. The number of carbonyl (C=O) groups excluding carboxylic acids is 2. The van der Waals surface area contributed by atoms with E-state index in [1.165, 1.54) is 0 Å². The molecule has 0 aromatic heterocycles. The van der Waals surface area contributed by atoms with Gasteiger partial charge >= 0.3 is 11.9 Å². The van der Waals surface area contributed by atoms with Crippen molar-refractivity contribution in [1.82, 2.24) is 0 Å². The molecular weight excluding hydrogens is 264 g/mol. The zero-order valence-electron chi connectivity index (χ0n) is 11.4. The number of carbonyl (C=O) groups is 2. The molecule has 0 N–H and O–H groups in total. The highest BCUT2D eigenvalue weighted by Crippen LogP contribution is 2.07. The molecule has 0 aliphatic carbocycles. The molecule has 0 aromatic carbocycles. The third kappa shape index (κ3) is 7.02. The first kappa shape index (κ1) is 16.6. The highest BCUT2D eigenvalue weighted by atomic mass is 28.4. The molecule has 0 unspecified atom stereocenters. The molecule has 100 valence electrons. The van der Waals surface area contributed by atoms with E-state index in [0.717, 1.165) is 12.2 Å². The van der Waals surface area contributed by atoms with E-state index in [2.05, 4.69) is 13.2 Å². The fourth-order valence-electron chi connectivity index (χ4n) is 0.806. The second kappa shape index (κ2) is 6.51. The first-order valence-electron chi connectivity index (χ1n) is 5.53. The van der Waals surface area contributed by atoms with E-state index < -0.39 is 28.6 Å². The van der Waals surface area contributed by atoms with Crippen LogP contribution in [-0.2, 0) is 18.4 Å². The summed E-state index contributed by atoms with van der Waals surface area (Å²) >= 11 is 0. The van der Waals surface area contributed by atoms with E-state index in [-0.39, 0.29) is 0 Å². The van der Waals surface area contributed by atoms with Gasteiger partial charge in [0.05, 0.1) is 0 Å². The average Bonchev–Trinajstić information content (AvgIpc) is 2.25. The van der Waals surface area contributed by atoms with Gasteiger partial charge in [0.25, 0.3) is 16.6 Å². The molecule has 18 heavy (non-hydrogen) atoms. The second-order valence-corrected chi connectivity index (χ2v) is 12.4. The van der Waals surface area contributed by atoms with Gasteiger partial charge in [0.1, 0.15) is 0 Å². The molecule has 0 heterocycles. The topological polar surface area (TPSA) is 52.6 Å². The van der Waals surface area contributed by atoms with Crippen molar-refractivity contribution < 1.29 is 18.4 Å². The Morgan fingerprint density at radius 2 is 1.11 bits per heavy atom. The van der Waals surface area contributed by atoms with E-state index in [0.29, 0.717) is 0 Å². The van der Waals surface area contributed by atoms with Crippen molar-refractivity contribution in [2.45, 2.75) is 26.2 Å². The Hall–Kier alpha value is -1.41. The van der Waals surface area contributed by atoms with Crippen molar-refractivity contribution in [2.75, 3.05) is 0 Å². The molecule has 0 aliphatic heterocycles. The van der Waals surface area contributed by atoms with Gasteiger partial charge in [-0.15, -0.1) is 13.2 Å². The van der Waals surface area contributed by atoms with Crippen LogP contribution in [0.2, 0.25) is 26.2 Å². The van der Waals surface area contributed by atoms with E-state index in [1.807, 2.05) is 26.2 Å². The highest BCUT2D eigenvalue weighted by Gasteiger charge is 2.23. The highest BCUT2D eigenvalue weighted by molar-refractivity contribution is 6.78. The molecule has 0 aromatic rings. The Kier molecular flexibility index (Phi) is 6.00. The average molecular weight is 284 g/mol. The van der Waals surface area contributed by atoms with Gasteiger partial charge in [0.15, 0.2) is 0 Å². The standard InChI is InChI=1S/C12H20O4Si2/c1-7-17(3,4)15-11(13)9-10-12(14)16-18(5,6)8-2/h7-10H,1-2H2,3-6H3/b10-9+. The maximum Gasteiger partial charge on any atom is 0.317 e. The zero-order chi connectivity index (χ0) is 14.4. The third-order valence-electron chi connectivity index (χ3n) is 2.07. The maximum absolute atomic E-state index is 11.4. The fourth-order valence-corrected chi connectivity index (χ4v) is 2.15. The Labute approximate surface area is 110 Å². The summed E-state index contributed by atoms with van der Waals surface area (Å²) < 4.78 is 10.3. The molecule has 6 heteroatoms. The van der Waals surface area contributed by atoms with Crippen molar-refractivity contribution >= 4 is 28.6 Å². The van der Waals surface area contributed by atoms with Crippen molar-refractivity contribution in [3.8, 4) is 0 Å². The Morgan fingerprint density at radius 3 is 1.33 bits per heavy atom. The summed E-state index contributed by atoms with van der Waals surface area (Å²) in [6.45, 7) is 14.5. The molecule has 0 radical (unpaired) electrons. The van der Waals surface area contributed by atoms with Crippen LogP contribution in [-0.4, -0.2) is 28.6 Å². The van der Waals surface area contributed by atoms with Crippen LogP contribution in [0.25, 0.3) is 0 Å². The Bertz CT molecular complexity index is 348. The van der Waals surface area contributed by atoms with Crippen LogP contribution in [0.5, 0.6) is 0 Å². The molecule has 4 nitrogen and oxygen atoms in total. The van der Waals surface area contributed by atoms with Gasteiger partial charge in [-0.25, -0.2) is 9.59 Å². The number of hydrogen-bond donors (Lipinski definition) is 0. The first-order valence-corrected chi connectivity index (χ1v) is 11.5. The summed E-state index contributed by atoms with van der Waals surface area (Å²) in [6.07, 6.45) is 2.16. The normalized spacial score (nSPS) is 12.0. The molecule has 0 fully saturated rings. The summed E-state index contributed by atoms with van der Waals surface area (Å²) in [5.41, 5.74) is 3.29. The van der Waals surface area contributed by atoms with E-state index in [4.69, 9.17) is 8.85 Å². The van der Waals surface area contributed by atoms with Crippen LogP contribution in [0.15, 0.2) is 36.7 Å². The van der Waals surface area contributed by atoms with Crippen molar-refractivity contribution in [3.63, 3.8) is 0 Å². The predicted molar refractivity (Wildman–Crippen MR) is 76.7 cm³/mol. The largest absolute Gasteiger partial charge is 0.513 e. The monoisotopic (exact) mass is 284 g/mol. The summed E-state index contributed by atoms with van der Waals surface area (Å²) in [5.74, 6) is -1.11. The molecular formula is C12H20O4Si2. The van der Waals surface area contributed by atoms with Crippen LogP contribution in [0, 0.1) is 0 Å².